The third-order valence-electron chi connectivity index (χ3n) is 5.25. The number of nitrogens with zero attached hydrogens (tertiary/aromatic N) is 1. The van der Waals surface area contributed by atoms with Crippen LogP contribution < -0.4 is 5.73 Å². The van der Waals surface area contributed by atoms with Crippen LogP contribution in [0.15, 0.2) is 0 Å². The normalized spacial score (nSPS) is 29.5. The molecule has 2 unspecified atom stereocenters. The van der Waals surface area contributed by atoms with Crippen LogP contribution in [0.4, 0.5) is 0 Å². The Morgan fingerprint density at radius 1 is 1.11 bits per heavy atom. The zero-order valence-corrected chi connectivity index (χ0v) is 12.5. The van der Waals surface area contributed by atoms with Crippen molar-refractivity contribution >= 4 is 0 Å². The summed E-state index contributed by atoms with van der Waals surface area (Å²) in [7, 11) is 0. The molecular formula is C16H32N2. The highest BCUT2D eigenvalue weighted by atomic mass is 15.2. The molecular weight excluding hydrogens is 220 g/mol. The van der Waals surface area contributed by atoms with Crippen molar-refractivity contribution in [2.24, 2.45) is 17.1 Å². The summed E-state index contributed by atoms with van der Waals surface area (Å²) in [4.78, 5) is 2.79. The van der Waals surface area contributed by atoms with Gasteiger partial charge in [0.05, 0.1) is 0 Å². The van der Waals surface area contributed by atoms with Gasteiger partial charge in [-0.25, -0.2) is 0 Å². The average molecular weight is 252 g/mol. The third-order valence-corrected chi connectivity index (χ3v) is 5.25. The fourth-order valence-electron chi connectivity index (χ4n) is 4.06. The van der Waals surface area contributed by atoms with Gasteiger partial charge in [-0.2, -0.15) is 0 Å². The van der Waals surface area contributed by atoms with E-state index in [0.29, 0.717) is 5.41 Å². The van der Waals surface area contributed by atoms with Crippen molar-refractivity contribution in [3.8, 4) is 0 Å². The Bertz CT molecular complexity index is 249. The highest BCUT2D eigenvalue weighted by Crippen LogP contribution is 2.36. The van der Waals surface area contributed by atoms with Crippen LogP contribution in [0, 0.1) is 11.3 Å². The predicted molar refractivity (Wildman–Crippen MR) is 78.6 cm³/mol. The smallest absolute Gasteiger partial charge is 0.0124 e. The third kappa shape index (κ3) is 3.71. The van der Waals surface area contributed by atoms with Gasteiger partial charge in [-0.3, -0.25) is 0 Å². The fourth-order valence-corrected chi connectivity index (χ4v) is 4.06. The minimum atomic E-state index is 0.445. The summed E-state index contributed by atoms with van der Waals surface area (Å²) in [6, 6.07) is 0.941. The first kappa shape index (κ1) is 14.3. The summed E-state index contributed by atoms with van der Waals surface area (Å²) < 4.78 is 0. The van der Waals surface area contributed by atoms with Crippen molar-refractivity contribution in [2.75, 3.05) is 19.6 Å². The molecule has 1 heterocycles. The van der Waals surface area contributed by atoms with E-state index in [4.69, 9.17) is 5.73 Å². The lowest BCUT2D eigenvalue weighted by Gasteiger charge is -2.32. The Balaban J connectivity index is 1.70. The van der Waals surface area contributed by atoms with Crippen molar-refractivity contribution in [3.05, 3.63) is 0 Å². The van der Waals surface area contributed by atoms with Gasteiger partial charge in [-0.15, -0.1) is 0 Å². The lowest BCUT2D eigenvalue weighted by molar-refractivity contribution is 0.170. The molecule has 1 aliphatic carbocycles. The first-order valence-corrected chi connectivity index (χ1v) is 8.06. The molecule has 0 bridgehead atoms. The highest BCUT2D eigenvalue weighted by Gasteiger charge is 2.35. The van der Waals surface area contributed by atoms with E-state index in [0.717, 1.165) is 18.5 Å². The number of rotatable bonds is 6. The van der Waals surface area contributed by atoms with Crippen LogP contribution in [0.5, 0.6) is 0 Å². The van der Waals surface area contributed by atoms with E-state index in [1.165, 1.54) is 64.5 Å². The maximum absolute atomic E-state index is 5.69. The Morgan fingerprint density at radius 3 is 2.67 bits per heavy atom. The second kappa shape index (κ2) is 6.38. The molecule has 0 aromatic rings. The maximum atomic E-state index is 5.69. The number of nitrogens with two attached hydrogens (primary N) is 1. The van der Waals surface area contributed by atoms with Crippen molar-refractivity contribution < 1.29 is 0 Å². The summed E-state index contributed by atoms with van der Waals surface area (Å²) in [5.74, 6) is 1.04. The predicted octanol–water partition coefficient (Wildman–Crippen LogP) is 3.41. The van der Waals surface area contributed by atoms with Crippen LogP contribution in [0.25, 0.3) is 0 Å². The summed E-state index contributed by atoms with van der Waals surface area (Å²) in [6.07, 6.45) is 11.2. The number of hydrogen-bond donors (Lipinski definition) is 1. The molecule has 0 spiro atoms. The first-order chi connectivity index (χ1) is 8.62. The molecule has 0 amide bonds. The van der Waals surface area contributed by atoms with E-state index in [2.05, 4.69) is 18.7 Å². The molecule has 2 heteroatoms. The fraction of sp³-hybridized carbons (Fsp3) is 1.00. The van der Waals surface area contributed by atoms with Gasteiger partial charge < -0.3 is 10.6 Å². The standard InChI is InChI=1S/C16H32N2/c1-16(2,10-11-17)9-5-12-18-13-8-14-6-3-4-7-15(14)18/h14-15H,3-13,17H2,1-2H3. The zero-order chi connectivity index (χ0) is 13.0. The summed E-state index contributed by atoms with van der Waals surface area (Å²) >= 11 is 0. The van der Waals surface area contributed by atoms with Gasteiger partial charge in [0.15, 0.2) is 0 Å². The second-order valence-corrected chi connectivity index (χ2v) is 7.24. The molecule has 2 fully saturated rings. The summed E-state index contributed by atoms with van der Waals surface area (Å²) in [5.41, 5.74) is 6.13. The monoisotopic (exact) mass is 252 g/mol. The molecule has 18 heavy (non-hydrogen) atoms. The molecule has 2 aliphatic rings. The minimum Gasteiger partial charge on any atom is -0.330 e. The van der Waals surface area contributed by atoms with Gasteiger partial charge >= 0.3 is 0 Å². The lowest BCUT2D eigenvalue weighted by Crippen LogP contribution is -2.35. The molecule has 0 aromatic carbocycles. The van der Waals surface area contributed by atoms with Gasteiger partial charge in [-0.1, -0.05) is 26.7 Å². The van der Waals surface area contributed by atoms with Crippen LogP contribution in [0.1, 0.15) is 65.2 Å². The van der Waals surface area contributed by atoms with Crippen LogP contribution in [-0.4, -0.2) is 30.6 Å². The maximum Gasteiger partial charge on any atom is 0.0124 e. The van der Waals surface area contributed by atoms with Crippen molar-refractivity contribution in [1.29, 1.82) is 0 Å². The van der Waals surface area contributed by atoms with Gasteiger partial charge in [0.25, 0.3) is 0 Å². The number of fused-ring (bicyclic) bond motifs is 1. The molecule has 1 saturated heterocycles. The molecule has 106 valence electrons. The van der Waals surface area contributed by atoms with Crippen molar-refractivity contribution in [3.63, 3.8) is 0 Å². The summed E-state index contributed by atoms with van der Waals surface area (Å²) in [6.45, 7) is 8.27. The molecule has 1 saturated carbocycles. The molecule has 1 aliphatic heterocycles. The number of likely N-dealkylation sites (tertiary alicyclic amines) is 1. The molecule has 2 nitrogen and oxygen atoms in total. The SMILES string of the molecule is CC(C)(CCN)CCCN1CCC2CCCCC21. The molecule has 0 radical (unpaired) electrons. The quantitative estimate of drug-likeness (QED) is 0.785. The van der Waals surface area contributed by atoms with Crippen LogP contribution in [0.3, 0.4) is 0 Å². The zero-order valence-electron chi connectivity index (χ0n) is 12.5. The second-order valence-electron chi connectivity index (χ2n) is 7.24. The van der Waals surface area contributed by atoms with E-state index in [1.807, 2.05) is 0 Å². The Morgan fingerprint density at radius 2 is 1.89 bits per heavy atom. The summed E-state index contributed by atoms with van der Waals surface area (Å²) in [5, 5.41) is 0. The Labute approximate surface area is 113 Å². The molecule has 0 aromatic heterocycles. The van der Waals surface area contributed by atoms with Crippen molar-refractivity contribution in [1.82, 2.24) is 4.90 Å². The van der Waals surface area contributed by atoms with E-state index in [-0.39, 0.29) is 0 Å². The van der Waals surface area contributed by atoms with E-state index in [9.17, 15) is 0 Å². The lowest BCUT2D eigenvalue weighted by atomic mass is 9.83. The Kier molecular flexibility index (Phi) is 5.08. The molecule has 2 rings (SSSR count). The minimum absolute atomic E-state index is 0.445. The average Bonchev–Trinajstić information content (AvgIpc) is 2.73. The first-order valence-electron chi connectivity index (χ1n) is 8.06. The van der Waals surface area contributed by atoms with Gasteiger partial charge in [0.2, 0.25) is 0 Å². The van der Waals surface area contributed by atoms with E-state index >= 15 is 0 Å². The number of hydrogen-bond acceptors (Lipinski definition) is 2. The van der Waals surface area contributed by atoms with Crippen molar-refractivity contribution in [2.45, 2.75) is 71.3 Å². The van der Waals surface area contributed by atoms with E-state index in [1.54, 1.807) is 0 Å². The topological polar surface area (TPSA) is 29.3 Å². The molecule has 2 atom stereocenters. The van der Waals surface area contributed by atoms with Crippen LogP contribution in [0.2, 0.25) is 0 Å². The Hall–Kier alpha value is -0.0800. The van der Waals surface area contributed by atoms with Crippen LogP contribution >= 0.6 is 0 Å². The van der Waals surface area contributed by atoms with Gasteiger partial charge in [0.1, 0.15) is 0 Å². The van der Waals surface area contributed by atoms with Gasteiger partial charge in [-0.05, 0) is 69.5 Å². The highest BCUT2D eigenvalue weighted by molar-refractivity contribution is 4.89. The molecule has 2 N–H and O–H groups in total. The van der Waals surface area contributed by atoms with Crippen LogP contribution in [-0.2, 0) is 0 Å². The van der Waals surface area contributed by atoms with Gasteiger partial charge in [0, 0.05) is 6.04 Å². The largest absolute Gasteiger partial charge is 0.330 e. The van der Waals surface area contributed by atoms with E-state index < -0.39 is 0 Å².